The largest absolute Gasteiger partial charge is 0.481 e. The summed E-state index contributed by atoms with van der Waals surface area (Å²) in [5.74, 6) is -0.993. The predicted molar refractivity (Wildman–Crippen MR) is 109 cm³/mol. The molecule has 7 nitrogen and oxygen atoms in total. The van der Waals surface area contributed by atoms with Crippen LogP contribution in [0.2, 0.25) is 0 Å². The third kappa shape index (κ3) is 4.51. The van der Waals surface area contributed by atoms with E-state index in [1.165, 1.54) is 0 Å². The number of anilines is 1. The van der Waals surface area contributed by atoms with Crippen LogP contribution in [-0.4, -0.2) is 27.1 Å². The second-order valence-corrected chi connectivity index (χ2v) is 7.85. The molecule has 0 saturated heterocycles. The van der Waals surface area contributed by atoms with E-state index in [-0.39, 0.29) is 17.2 Å². The molecule has 1 amide bonds. The van der Waals surface area contributed by atoms with E-state index in [0.29, 0.717) is 28.2 Å². The number of hydrogen-bond donors (Lipinski definition) is 2. The summed E-state index contributed by atoms with van der Waals surface area (Å²) < 4.78 is 5.39. The Morgan fingerprint density at radius 3 is 2.31 bits per heavy atom. The van der Waals surface area contributed by atoms with Crippen molar-refractivity contribution in [2.45, 2.75) is 39.0 Å². The molecular weight excluding hydrogens is 370 g/mol. The van der Waals surface area contributed by atoms with E-state index in [0.717, 1.165) is 0 Å². The third-order valence-electron chi connectivity index (χ3n) is 4.54. The van der Waals surface area contributed by atoms with Crippen LogP contribution in [0.5, 0.6) is 0 Å². The van der Waals surface area contributed by atoms with E-state index in [1.54, 1.807) is 55.5 Å². The lowest BCUT2D eigenvalue weighted by atomic mass is 9.96. The fourth-order valence-corrected chi connectivity index (χ4v) is 2.70. The lowest BCUT2D eigenvalue weighted by Crippen LogP contribution is -2.14. The van der Waals surface area contributed by atoms with E-state index < -0.39 is 11.9 Å². The molecule has 0 spiro atoms. The maximum Gasteiger partial charge on any atom is 0.310 e. The van der Waals surface area contributed by atoms with Gasteiger partial charge in [0.2, 0.25) is 0 Å². The highest BCUT2D eigenvalue weighted by Gasteiger charge is 2.23. The van der Waals surface area contributed by atoms with Gasteiger partial charge in [-0.15, -0.1) is 0 Å². The lowest BCUT2D eigenvalue weighted by Gasteiger charge is -2.11. The van der Waals surface area contributed by atoms with Crippen molar-refractivity contribution in [1.82, 2.24) is 10.1 Å². The van der Waals surface area contributed by atoms with Crippen molar-refractivity contribution in [2.75, 3.05) is 5.32 Å². The minimum absolute atomic E-state index is 0.270. The highest BCUT2D eigenvalue weighted by atomic mass is 16.5. The van der Waals surface area contributed by atoms with Gasteiger partial charge in [0.15, 0.2) is 5.82 Å². The number of amides is 1. The van der Waals surface area contributed by atoms with Gasteiger partial charge in [0, 0.05) is 11.1 Å². The van der Waals surface area contributed by atoms with Gasteiger partial charge in [-0.2, -0.15) is 4.98 Å². The number of carbonyl (C=O) groups is 2. The second-order valence-electron chi connectivity index (χ2n) is 7.85. The first kappa shape index (κ1) is 20.3. The summed E-state index contributed by atoms with van der Waals surface area (Å²) in [4.78, 5) is 28.4. The average Bonchev–Trinajstić information content (AvgIpc) is 3.18. The average molecular weight is 393 g/mol. The number of hydrogen-bond acceptors (Lipinski definition) is 5. The molecule has 3 aromatic rings. The van der Waals surface area contributed by atoms with Gasteiger partial charge >= 0.3 is 5.97 Å². The summed E-state index contributed by atoms with van der Waals surface area (Å²) in [6, 6.07) is 13.7. The summed E-state index contributed by atoms with van der Waals surface area (Å²) in [5, 5.41) is 15.9. The Bertz CT molecular complexity index is 1030. The van der Waals surface area contributed by atoms with Gasteiger partial charge in [0.05, 0.1) is 17.0 Å². The zero-order valence-corrected chi connectivity index (χ0v) is 16.8. The van der Waals surface area contributed by atoms with E-state index in [9.17, 15) is 9.59 Å². The minimum atomic E-state index is -0.898. The molecule has 1 heterocycles. The highest BCUT2D eigenvalue weighted by molar-refractivity contribution is 6.08. The number of aromatic nitrogens is 2. The van der Waals surface area contributed by atoms with Crippen molar-refractivity contribution in [3.05, 3.63) is 65.5 Å². The van der Waals surface area contributed by atoms with Crippen LogP contribution < -0.4 is 5.32 Å². The van der Waals surface area contributed by atoms with Crippen molar-refractivity contribution < 1.29 is 19.2 Å². The molecule has 0 fully saturated rings. The minimum Gasteiger partial charge on any atom is -0.481 e. The Morgan fingerprint density at radius 1 is 1.07 bits per heavy atom. The third-order valence-corrected chi connectivity index (χ3v) is 4.54. The van der Waals surface area contributed by atoms with Crippen LogP contribution in [0.25, 0.3) is 11.5 Å². The summed E-state index contributed by atoms with van der Waals surface area (Å²) in [5.41, 5.74) is 1.90. The van der Waals surface area contributed by atoms with Crippen molar-refractivity contribution in [3.63, 3.8) is 0 Å². The first-order valence-electron chi connectivity index (χ1n) is 9.24. The zero-order valence-electron chi connectivity index (χ0n) is 16.8. The quantitative estimate of drug-likeness (QED) is 0.662. The monoisotopic (exact) mass is 393 g/mol. The summed E-state index contributed by atoms with van der Waals surface area (Å²) in [6.07, 6.45) is 0. The van der Waals surface area contributed by atoms with Gasteiger partial charge in [0.25, 0.3) is 11.8 Å². The Morgan fingerprint density at radius 2 is 1.72 bits per heavy atom. The molecule has 0 aliphatic carbocycles. The Balaban J connectivity index is 1.84. The van der Waals surface area contributed by atoms with Gasteiger partial charge in [-0.1, -0.05) is 50.2 Å². The molecule has 2 N–H and O–H groups in total. The topological polar surface area (TPSA) is 105 Å². The van der Waals surface area contributed by atoms with Gasteiger partial charge in [-0.25, -0.2) is 0 Å². The van der Waals surface area contributed by atoms with E-state index in [4.69, 9.17) is 9.63 Å². The smallest absolute Gasteiger partial charge is 0.310 e. The maximum atomic E-state index is 12.8. The van der Waals surface area contributed by atoms with Crippen molar-refractivity contribution >= 4 is 17.6 Å². The van der Waals surface area contributed by atoms with Crippen LogP contribution in [0.3, 0.4) is 0 Å². The Hall–Kier alpha value is -3.48. The zero-order chi connectivity index (χ0) is 21.2. The molecule has 0 aliphatic heterocycles. The lowest BCUT2D eigenvalue weighted by molar-refractivity contribution is -0.138. The molecule has 29 heavy (non-hydrogen) atoms. The van der Waals surface area contributed by atoms with E-state index >= 15 is 0 Å². The van der Waals surface area contributed by atoms with Crippen LogP contribution >= 0.6 is 0 Å². The van der Waals surface area contributed by atoms with Gasteiger partial charge in [-0.05, 0) is 36.8 Å². The molecule has 0 bridgehead atoms. The van der Waals surface area contributed by atoms with Crippen molar-refractivity contribution in [3.8, 4) is 11.5 Å². The number of nitrogens with zero attached hydrogens (tertiary/aromatic N) is 2. The number of benzene rings is 2. The first-order chi connectivity index (χ1) is 13.7. The van der Waals surface area contributed by atoms with Crippen molar-refractivity contribution in [2.24, 2.45) is 0 Å². The fraction of sp³-hybridized carbons (Fsp3) is 0.273. The summed E-state index contributed by atoms with van der Waals surface area (Å²) in [6.45, 7) is 7.56. The van der Waals surface area contributed by atoms with Crippen LogP contribution in [0.15, 0.2) is 53.1 Å². The SMILES string of the molecule is CC(C(=O)O)c1ccc(NC(=O)c2ccccc2-c2nc(C(C)(C)C)no2)cc1. The molecule has 7 heteroatoms. The highest BCUT2D eigenvalue weighted by Crippen LogP contribution is 2.27. The molecule has 0 saturated carbocycles. The van der Waals surface area contributed by atoms with E-state index in [1.807, 2.05) is 20.8 Å². The van der Waals surface area contributed by atoms with Crippen LogP contribution in [0, 0.1) is 0 Å². The number of nitrogens with one attached hydrogen (secondary N) is 1. The van der Waals surface area contributed by atoms with Crippen molar-refractivity contribution in [1.29, 1.82) is 0 Å². The Labute approximate surface area is 168 Å². The first-order valence-corrected chi connectivity index (χ1v) is 9.24. The molecule has 0 aliphatic rings. The molecule has 0 radical (unpaired) electrons. The molecule has 1 unspecified atom stereocenters. The fourth-order valence-electron chi connectivity index (χ4n) is 2.70. The number of carboxylic acids is 1. The molecule has 1 atom stereocenters. The number of aliphatic carboxylic acids is 1. The van der Waals surface area contributed by atoms with Crippen LogP contribution in [-0.2, 0) is 10.2 Å². The standard InChI is InChI=1S/C22H23N3O4/c1-13(20(27)28)14-9-11-15(12-10-14)23-18(26)16-7-5-6-8-17(16)19-24-21(25-29-19)22(2,3)4/h5-13H,1-4H3,(H,23,26)(H,27,28). The van der Waals surface area contributed by atoms with Gasteiger partial charge in [0.1, 0.15) is 0 Å². The number of carboxylic acid groups (broad SMARTS) is 1. The molecular formula is C22H23N3O4. The molecule has 150 valence electrons. The van der Waals surface area contributed by atoms with E-state index in [2.05, 4.69) is 15.5 Å². The maximum absolute atomic E-state index is 12.8. The summed E-state index contributed by atoms with van der Waals surface area (Å²) >= 11 is 0. The molecule has 2 aromatic carbocycles. The normalized spacial score (nSPS) is 12.4. The Kier molecular flexibility index (Phi) is 5.50. The number of rotatable bonds is 5. The predicted octanol–water partition coefficient (Wildman–Crippen LogP) is 4.47. The van der Waals surface area contributed by atoms with Crippen LogP contribution in [0.4, 0.5) is 5.69 Å². The van der Waals surface area contributed by atoms with Crippen LogP contribution in [0.1, 0.15) is 55.4 Å². The molecule has 3 rings (SSSR count). The summed E-state index contributed by atoms with van der Waals surface area (Å²) in [7, 11) is 0. The molecule has 1 aromatic heterocycles. The van der Waals surface area contributed by atoms with Gasteiger partial charge in [-0.3, -0.25) is 9.59 Å². The number of carbonyl (C=O) groups excluding carboxylic acids is 1. The second kappa shape index (κ2) is 7.87. The van der Waals surface area contributed by atoms with Gasteiger partial charge < -0.3 is 14.9 Å².